The van der Waals surface area contributed by atoms with Crippen molar-refractivity contribution in [2.45, 2.75) is 12.2 Å². The molecule has 3 aromatic carbocycles. The zero-order chi connectivity index (χ0) is 22.2. The number of ketones is 1. The van der Waals surface area contributed by atoms with E-state index in [0.29, 0.717) is 11.1 Å². The number of hydrogen-bond acceptors (Lipinski definition) is 3. The third kappa shape index (κ3) is 3.70. The van der Waals surface area contributed by atoms with Crippen LogP contribution in [0.5, 0.6) is 0 Å². The van der Waals surface area contributed by atoms with Gasteiger partial charge in [-0.1, -0.05) is 66.7 Å². The molecule has 1 heterocycles. The highest BCUT2D eigenvalue weighted by Crippen LogP contribution is 2.43. The first kappa shape index (κ1) is 20.4. The van der Waals surface area contributed by atoms with Gasteiger partial charge in [0.1, 0.15) is 5.76 Å². The van der Waals surface area contributed by atoms with Crippen LogP contribution in [0.15, 0.2) is 90.5 Å². The number of anilines is 1. The highest BCUT2D eigenvalue weighted by molar-refractivity contribution is 6.51. The Balaban J connectivity index is 1.94. The summed E-state index contributed by atoms with van der Waals surface area (Å²) in [5, 5.41) is 10.9. The lowest BCUT2D eigenvalue weighted by Crippen LogP contribution is -2.29. The van der Waals surface area contributed by atoms with E-state index < -0.39 is 29.5 Å². The summed E-state index contributed by atoms with van der Waals surface area (Å²) < 4.78 is 39.8. The van der Waals surface area contributed by atoms with Crippen molar-refractivity contribution in [3.8, 4) is 0 Å². The molecule has 0 unspecified atom stereocenters. The Morgan fingerprint density at radius 1 is 0.839 bits per heavy atom. The smallest absolute Gasteiger partial charge is 0.416 e. The number of rotatable bonds is 3. The topological polar surface area (TPSA) is 57.6 Å². The highest BCUT2D eigenvalue weighted by atomic mass is 19.4. The van der Waals surface area contributed by atoms with E-state index in [1.807, 2.05) is 0 Å². The van der Waals surface area contributed by atoms with Crippen LogP contribution in [0.25, 0.3) is 5.76 Å². The van der Waals surface area contributed by atoms with Crippen molar-refractivity contribution in [1.82, 2.24) is 0 Å². The van der Waals surface area contributed by atoms with Gasteiger partial charge in [0.15, 0.2) is 0 Å². The fourth-order valence-corrected chi connectivity index (χ4v) is 3.63. The van der Waals surface area contributed by atoms with E-state index in [1.54, 1.807) is 60.7 Å². The largest absolute Gasteiger partial charge is 0.507 e. The molecule has 0 bridgehead atoms. The second-order valence-corrected chi connectivity index (χ2v) is 6.99. The zero-order valence-corrected chi connectivity index (χ0v) is 16.0. The molecular weight excluding hydrogens is 407 g/mol. The number of carbonyl (C=O) groups excluding carboxylic acids is 2. The van der Waals surface area contributed by atoms with E-state index in [2.05, 4.69) is 0 Å². The molecule has 156 valence electrons. The summed E-state index contributed by atoms with van der Waals surface area (Å²) in [5.74, 6) is -2.36. The highest BCUT2D eigenvalue weighted by Gasteiger charge is 2.47. The molecule has 0 aliphatic carbocycles. The van der Waals surface area contributed by atoms with Gasteiger partial charge in [-0.05, 0) is 23.8 Å². The second-order valence-electron chi connectivity index (χ2n) is 6.99. The van der Waals surface area contributed by atoms with Crippen LogP contribution in [-0.4, -0.2) is 16.8 Å². The number of aliphatic hydroxyl groups is 1. The quantitative estimate of drug-likeness (QED) is 0.352. The molecule has 0 saturated carbocycles. The number of amides is 1. The normalized spacial score (nSPS) is 18.4. The van der Waals surface area contributed by atoms with Gasteiger partial charge in [0.05, 0.1) is 17.2 Å². The van der Waals surface area contributed by atoms with Gasteiger partial charge in [-0.3, -0.25) is 14.5 Å². The summed E-state index contributed by atoms with van der Waals surface area (Å²) in [7, 11) is 0. The maximum atomic E-state index is 13.3. The van der Waals surface area contributed by atoms with Crippen LogP contribution in [0.1, 0.15) is 22.7 Å². The first-order valence-electron chi connectivity index (χ1n) is 9.37. The molecule has 7 heteroatoms. The first-order chi connectivity index (χ1) is 14.8. The summed E-state index contributed by atoms with van der Waals surface area (Å²) in [6.07, 6.45) is -4.62. The Hall–Kier alpha value is -3.87. The molecule has 4 nitrogen and oxygen atoms in total. The molecule has 1 atom stereocenters. The maximum Gasteiger partial charge on any atom is 0.416 e. The molecule has 0 aromatic heterocycles. The molecular formula is C24H16F3NO3. The van der Waals surface area contributed by atoms with Crippen molar-refractivity contribution >= 4 is 23.1 Å². The molecule has 1 fully saturated rings. The van der Waals surface area contributed by atoms with Gasteiger partial charge in [0.2, 0.25) is 0 Å². The van der Waals surface area contributed by atoms with E-state index in [1.165, 1.54) is 12.1 Å². The minimum Gasteiger partial charge on any atom is -0.507 e. The minimum absolute atomic E-state index is 0.0853. The van der Waals surface area contributed by atoms with E-state index >= 15 is 0 Å². The summed E-state index contributed by atoms with van der Waals surface area (Å²) in [5.41, 5.74) is -0.401. The molecule has 31 heavy (non-hydrogen) atoms. The van der Waals surface area contributed by atoms with Gasteiger partial charge < -0.3 is 5.11 Å². The lowest BCUT2D eigenvalue weighted by molar-refractivity contribution is -0.137. The predicted molar refractivity (Wildman–Crippen MR) is 109 cm³/mol. The maximum absolute atomic E-state index is 13.3. The van der Waals surface area contributed by atoms with Crippen molar-refractivity contribution in [3.63, 3.8) is 0 Å². The third-order valence-electron chi connectivity index (χ3n) is 5.06. The van der Waals surface area contributed by atoms with Crippen LogP contribution < -0.4 is 4.90 Å². The fraction of sp³-hybridized carbons (Fsp3) is 0.0833. The average molecular weight is 423 g/mol. The number of halogens is 3. The Kier molecular flexibility index (Phi) is 5.10. The van der Waals surface area contributed by atoms with E-state index in [-0.39, 0.29) is 17.0 Å². The van der Waals surface area contributed by atoms with E-state index in [0.717, 1.165) is 17.0 Å². The standard InChI is InChI=1S/C24H16F3NO3/c25-24(26,27)17-12-7-13-18(14-17)28-20(15-8-3-1-4-9-15)19(22(30)23(28)31)21(29)16-10-5-2-6-11-16/h1-14,20,29H/b21-19+/t20-/m1/s1. The number of alkyl halides is 3. The number of aliphatic hydroxyl groups excluding tert-OH is 1. The first-order valence-corrected chi connectivity index (χ1v) is 9.37. The number of hydrogen-bond donors (Lipinski definition) is 1. The molecule has 0 radical (unpaired) electrons. The monoisotopic (exact) mass is 423 g/mol. The van der Waals surface area contributed by atoms with E-state index in [9.17, 15) is 27.9 Å². The van der Waals surface area contributed by atoms with Crippen LogP contribution in [0.4, 0.5) is 18.9 Å². The molecule has 1 amide bonds. The molecule has 1 aliphatic rings. The Morgan fingerprint density at radius 3 is 2.06 bits per heavy atom. The SMILES string of the molecule is O=C1C(=O)N(c2cccc(C(F)(F)F)c2)[C@H](c2ccccc2)/C1=C(\O)c1ccccc1. The predicted octanol–water partition coefficient (Wildman–Crippen LogP) is 5.33. The molecule has 1 N–H and O–H groups in total. The zero-order valence-electron chi connectivity index (χ0n) is 16.0. The van der Waals surface area contributed by atoms with Crippen molar-refractivity contribution in [3.05, 3.63) is 107 Å². The second kappa shape index (κ2) is 7.75. The van der Waals surface area contributed by atoms with Crippen LogP contribution >= 0.6 is 0 Å². The van der Waals surface area contributed by atoms with Gasteiger partial charge >= 0.3 is 6.18 Å². The molecule has 1 saturated heterocycles. The fourth-order valence-electron chi connectivity index (χ4n) is 3.63. The molecule has 1 aliphatic heterocycles. The Labute approximate surface area is 175 Å². The van der Waals surface area contributed by atoms with Gasteiger partial charge in [0.25, 0.3) is 11.7 Å². The summed E-state index contributed by atoms with van der Waals surface area (Å²) >= 11 is 0. The van der Waals surface area contributed by atoms with Crippen molar-refractivity contribution in [2.75, 3.05) is 4.90 Å². The van der Waals surface area contributed by atoms with Gasteiger partial charge in [-0.25, -0.2) is 0 Å². The number of benzene rings is 3. The van der Waals surface area contributed by atoms with Crippen molar-refractivity contribution in [1.29, 1.82) is 0 Å². The van der Waals surface area contributed by atoms with Gasteiger partial charge in [-0.15, -0.1) is 0 Å². The van der Waals surface area contributed by atoms with Crippen LogP contribution in [0.3, 0.4) is 0 Å². The Bertz CT molecular complexity index is 1170. The Morgan fingerprint density at radius 2 is 1.45 bits per heavy atom. The van der Waals surface area contributed by atoms with Gasteiger partial charge in [-0.2, -0.15) is 13.2 Å². The molecule has 4 rings (SSSR count). The molecule has 0 spiro atoms. The third-order valence-corrected chi connectivity index (χ3v) is 5.06. The number of nitrogens with zero attached hydrogens (tertiary/aromatic N) is 1. The molecule has 3 aromatic rings. The summed E-state index contributed by atoms with van der Waals surface area (Å²) in [6.45, 7) is 0. The van der Waals surface area contributed by atoms with Crippen LogP contribution in [0, 0.1) is 0 Å². The van der Waals surface area contributed by atoms with Crippen molar-refractivity contribution in [2.24, 2.45) is 0 Å². The summed E-state index contributed by atoms with van der Waals surface area (Å²) in [6, 6.07) is 19.8. The lowest BCUT2D eigenvalue weighted by Gasteiger charge is -2.26. The van der Waals surface area contributed by atoms with E-state index in [4.69, 9.17) is 0 Å². The minimum atomic E-state index is -4.62. The van der Waals surface area contributed by atoms with Crippen LogP contribution in [-0.2, 0) is 15.8 Å². The summed E-state index contributed by atoms with van der Waals surface area (Å²) in [4.78, 5) is 26.9. The van der Waals surface area contributed by atoms with Gasteiger partial charge in [0, 0.05) is 11.3 Å². The average Bonchev–Trinajstić information content (AvgIpc) is 3.04. The lowest BCUT2D eigenvalue weighted by atomic mass is 9.95. The number of carbonyl (C=O) groups is 2. The van der Waals surface area contributed by atoms with Crippen molar-refractivity contribution < 1.29 is 27.9 Å². The number of Topliss-reactive ketones (excluding diaryl/α,β-unsaturated/α-hetero) is 1. The van der Waals surface area contributed by atoms with Crippen LogP contribution in [0.2, 0.25) is 0 Å².